The second-order valence-electron chi connectivity index (χ2n) is 6.93. The molecule has 0 N–H and O–H groups in total. The van der Waals surface area contributed by atoms with E-state index in [2.05, 4.69) is 4.98 Å². The highest BCUT2D eigenvalue weighted by Gasteiger charge is 2.49. The number of carbonyl (C=O) groups is 3. The monoisotopic (exact) mass is 422 g/mol. The number of anilines is 1. The molecule has 1 saturated heterocycles. The molecular weight excluding hydrogens is 404 g/mol. The molecule has 2 atom stereocenters. The van der Waals surface area contributed by atoms with Crippen molar-refractivity contribution in [2.75, 3.05) is 19.1 Å². The fourth-order valence-corrected chi connectivity index (χ4v) is 3.67. The van der Waals surface area contributed by atoms with Gasteiger partial charge in [0.05, 0.1) is 25.8 Å². The number of carbonyl (C=O) groups excluding carboxylic acids is 3. The van der Waals surface area contributed by atoms with Crippen LogP contribution in [0, 0.1) is 5.92 Å². The first-order chi connectivity index (χ1) is 14.9. The van der Waals surface area contributed by atoms with E-state index in [9.17, 15) is 19.2 Å². The number of rotatable bonds is 5. The highest BCUT2D eigenvalue weighted by atomic mass is 16.5. The molecule has 2 aromatic carbocycles. The van der Waals surface area contributed by atoms with E-state index >= 15 is 0 Å². The topological polar surface area (TPSA) is 116 Å². The molecule has 0 radical (unpaired) electrons. The minimum Gasteiger partial charge on any atom is -0.497 e. The van der Waals surface area contributed by atoms with Gasteiger partial charge in [-0.3, -0.25) is 19.3 Å². The van der Waals surface area contributed by atoms with Crippen LogP contribution in [0.15, 0.2) is 57.7 Å². The zero-order valence-electron chi connectivity index (χ0n) is 16.7. The van der Waals surface area contributed by atoms with E-state index in [1.165, 1.54) is 7.11 Å². The van der Waals surface area contributed by atoms with E-state index in [-0.39, 0.29) is 17.7 Å². The Bertz CT molecular complexity index is 1230. The molecule has 9 nitrogen and oxygen atoms in total. The van der Waals surface area contributed by atoms with Gasteiger partial charge >= 0.3 is 11.6 Å². The summed E-state index contributed by atoms with van der Waals surface area (Å²) in [6, 6.07) is 12.9. The molecule has 1 fully saturated rings. The Morgan fingerprint density at radius 2 is 1.81 bits per heavy atom. The number of para-hydroxylation sites is 2. The minimum absolute atomic E-state index is 0.244. The van der Waals surface area contributed by atoms with Crippen LogP contribution in [0.3, 0.4) is 0 Å². The average Bonchev–Trinajstić information content (AvgIpc) is 3.07. The minimum atomic E-state index is -1.38. The van der Waals surface area contributed by atoms with Gasteiger partial charge in [0.15, 0.2) is 5.58 Å². The molecule has 158 valence electrons. The molecule has 31 heavy (non-hydrogen) atoms. The number of imide groups is 1. The maximum atomic E-state index is 13.2. The molecule has 1 aliphatic heterocycles. The van der Waals surface area contributed by atoms with Crippen LogP contribution in [0.1, 0.15) is 18.0 Å². The first-order valence-electron chi connectivity index (χ1n) is 9.43. The van der Waals surface area contributed by atoms with Crippen molar-refractivity contribution in [3.05, 3.63) is 64.6 Å². The highest BCUT2D eigenvalue weighted by molar-refractivity contribution is 6.22. The van der Waals surface area contributed by atoms with Gasteiger partial charge in [-0.15, -0.1) is 0 Å². The maximum Gasteiger partial charge on any atom is 0.359 e. The molecule has 2 unspecified atom stereocenters. The van der Waals surface area contributed by atoms with E-state index in [1.807, 2.05) is 0 Å². The lowest BCUT2D eigenvalue weighted by atomic mass is 9.88. The largest absolute Gasteiger partial charge is 0.497 e. The first kappa shape index (κ1) is 20.3. The first-order valence-corrected chi connectivity index (χ1v) is 9.43. The number of hydrogen-bond acceptors (Lipinski definition) is 8. The fraction of sp³-hybridized carbons (Fsp3) is 0.227. The predicted molar refractivity (Wildman–Crippen MR) is 109 cm³/mol. The number of nitrogens with zero attached hydrogens (tertiary/aromatic N) is 2. The zero-order valence-corrected chi connectivity index (χ0v) is 16.7. The fourth-order valence-electron chi connectivity index (χ4n) is 3.67. The lowest BCUT2D eigenvalue weighted by Gasteiger charge is -2.19. The van der Waals surface area contributed by atoms with Gasteiger partial charge in [-0.05, 0) is 36.4 Å². The van der Waals surface area contributed by atoms with E-state index < -0.39 is 35.2 Å². The number of ether oxygens (including phenoxy) is 2. The molecule has 1 aromatic heterocycles. The molecule has 0 saturated carbocycles. The van der Waals surface area contributed by atoms with Crippen molar-refractivity contribution >= 4 is 34.6 Å². The third-order valence-corrected chi connectivity index (χ3v) is 5.18. The van der Waals surface area contributed by atoms with Crippen LogP contribution < -0.4 is 15.3 Å². The van der Waals surface area contributed by atoms with Crippen molar-refractivity contribution in [3.8, 4) is 5.75 Å². The third kappa shape index (κ3) is 3.54. The quantitative estimate of drug-likeness (QED) is 0.453. The summed E-state index contributed by atoms with van der Waals surface area (Å²) in [6.45, 7) is 0. The Morgan fingerprint density at radius 3 is 2.48 bits per heavy atom. The number of benzene rings is 2. The van der Waals surface area contributed by atoms with Crippen LogP contribution in [0.4, 0.5) is 5.69 Å². The van der Waals surface area contributed by atoms with Crippen molar-refractivity contribution in [3.63, 3.8) is 0 Å². The van der Waals surface area contributed by atoms with Crippen molar-refractivity contribution in [2.45, 2.75) is 12.3 Å². The van der Waals surface area contributed by atoms with Gasteiger partial charge in [0, 0.05) is 6.42 Å². The molecule has 2 heterocycles. The second kappa shape index (κ2) is 8.02. The number of amides is 2. The van der Waals surface area contributed by atoms with Crippen molar-refractivity contribution < 1.29 is 28.3 Å². The van der Waals surface area contributed by atoms with Crippen LogP contribution in [0.2, 0.25) is 0 Å². The number of methoxy groups -OCH3 is 2. The summed E-state index contributed by atoms with van der Waals surface area (Å²) in [5, 5.41) is 0. The Hall–Kier alpha value is -4.01. The molecule has 2 amide bonds. The predicted octanol–water partition coefficient (Wildman–Crippen LogP) is 2.03. The molecule has 9 heteroatoms. The van der Waals surface area contributed by atoms with Crippen molar-refractivity contribution in [2.24, 2.45) is 5.92 Å². The Labute approximate surface area is 176 Å². The van der Waals surface area contributed by atoms with Crippen LogP contribution in [0.5, 0.6) is 5.75 Å². The van der Waals surface area contributed by atoms with Gasteiger partial charge < -0.3 is 13.9 Å². The van der Waals surface area contributed by atoms with Crippen LogP contribution in [0.25, 0.3) is 11.1 Å². The van der Waals surface area contributed by atoms with E-state index in [1.54, 1.807) is 48.5 Å². The summed E-state index contributed by atoms with van der Waals surface area (Å²) in [4.78, 5) is 56.4. The SMILES string of the molecule is COC(=O)C(c1nc2ccccc2oc1=O)C1CC(=O)N(c2ccc(OC)cc2)C1=O. The van der Waals surface area contributed by atoms with Gasteiger partial charge in [-0.1, -0.05) is 12.1 Å². The Kier molecular flexibility index (Phi) is 5.24. The molecule has 0 aliphatic carbocycles. The summed E-state index contributed by atoms with van der Waals surface area (Å²) >= 11 is 0. The molecule has 3 aromatic rings. The number of aromatic nitrogens is 1. The Morgan fingerprint density at radius 1 is 1.10 bits per heavy atom. The van der Waals surface area contributed by atoms with Crippen LogP contribution in [-0.2, 0) is 19.1 Å². The lowest BCUT2D eigenvalue weighted by Crippen LogP contribution is -2.35. The van der Waals surface area contributed by atoms with Gasteiger partial charge in [-0.2, -0.15) is 0 Å². The standard InChI is InChI=1S/C22H18N2O7/c1-29-13-9-7-12(8-10-13)24-17(25)11-14(20(24)26)18(21(27)30-2)19-22(28)31-16-6-4-3-5-15(16)23-19/h3-10,14,18H,11H2,1-2H3. The normalized spacial score (nSPS) is 17.1. The van der Waals surface area contributed by atoms with Gasteiger partial charge in [0.2, 0.25) is 11.8 Å². The highest BCUT2D eigenvalue weighted by Crippen LogP contribution is 2.36. The summed E-state index contributed by atoms with van der Waals surface area (Å²) in [5.41, 5.74) is -0.214. The van der Waals surface area contributed by atoms with Gasteiger partial charge in [-0.25, -0.2) is 9.78 Å². The van der Waals surface area contributed by atoms with Crippen LogP contribution >= 0.6 is 0 Å². The summed E-state index contributed by atoms with van der Waals surface area (Å²) in [5.74, 6) is -3.95. The number of fused-ring (bicyclic) bond motifs is 1. The van der Waals surface area contributed by atoms with Gasteiger partial charge in [0.1, 0.15) is 22.9 Å². The maximum absolute atomic E-state index is 13.2. The number of hydrogen-bond donors (Lipinski definition) is 0. The summed E-state index contributed by atoms with van der Waals surface area (Å²) in [7, 11) is 2.64. The van der Waals surface area contributed by atoms with Crippen molar-refractivity contribution in [1.82, 2.24) is 4.98 Å². The van der Waals surface area contributed by atoms with Crippen LogP contribution in [-0.4, -0.2) is 37.0 Å². The lowest BCUT2D eigenvalue weighted by molar-refractivity contribution is -0.145. The summed E-state index contributed by atoms with van der Waals surface area (Å²) < 4.78 is 15.2. The molecule has 1 aliphatic rings. The van der Waals surface area contributed by atoms with E-state index in [4.69, 9.17) is 13.9 Å². The van der Waals surface area contributed by atoms with E-state index in [0.29, 0.717) is 17.0 Å². The van der Waals surface area contributed by atoms with Gasteiger partial charge in [0.25, 0.3) is 0 Å². The number of esters is 1. The average molecular weight is 422 g/mol. The molecular formula is C22H18N2O7. The third-order valence-electron chi connectivity index (χ3n) is 5.18. The molecule has 0 spiro atoms. The molecule has 4 rings (SSSR count). The van der Waals surface area contributed by atoms with E-state index in [0.717, 1.165) is 12.0 Å². The molecule has 0 bridgehead atoms. The van der Waals surface area contributed by atoms with Crippen molar-refractivity contribution in [1.29, 1.82) is 0 Å². The summed E-state index contributed by atoms with van der Waals surface area (Å²) in [6.07, 6.45) is -0.279. The zero-order chi connectivity index (χ0) is 22.1. The Balaban J connectivity index is 1.76. The smallest absolute Gasteiger partial charge is 0.359 e. The second-order valence-corrected chi connectivity index (χ2v) is 6.93.